The van der Waals surface area contributed by atoms with E-state index in [4.69, 9.17) is 0 Å². The summed E-state index contributed by atoms with van der Waals surface area (Å²) in [5.74, 6) is -1.51. The van der Waals surface area contributed by atoms with E-state index in [1.54, 1.807) is 0 Å². The first-order valence-electron chi connectivity index (χ1n) is 6.01. The zero-order chi connectivity index (χ0) is 15.0. The van der Waals surface area contributed by atoms with Crippen molar-refractivity contribution in [2.75, 3.05) is 13.1 Å². The highest BCUT2D eigenvalue weighted by molar-refractivity contribution is 9.10. The van der Waals surface area contributed by atoms with E-state index in [0.29, 0.717) is 4.47 Å². The predicted molar refractivity (Wildman–Crippen MR) is 68.8 cm³/mol. The molecule has 110 valence electrons. The first-order chi connectivity index (χ1) is 9.26. The van der Waals surface area contributed by atoms with Gasteiger partial charge in [-0.2, -0.15) is 13.2 Å². The van der Waals surface area contributed by atoms with E-state index in [0.717, 1.165) is 6.07 Å². The van der Waals surface area contributed by atoms with Crippen LogP contribution in [0.15, 0.2) is 22.7 Å². The Hall–Kier alpha value is -0.950. The summed E-state index contributed by atoms with van der Waals surface area (Å²) in [7, 11) is 0. The quantitative estimate of drug-likeness (QED) is 0.845. The largest absolute Gasteiger partial charge is 0.402 e. The second kappa shape index (κ2) is 5.44. The van der Waals surface area contributed by atoms with Crippen LogP contribution in [0.25, 0.3) is 0 Å². The zero-order valence-electron chi connectivity index (χ0n) is 10.4. The van der Waals surface area contributed by atoms with Gasteiger partial charge in [0.15, 0.2) is 5.78 Å². The van der Waals surface area contributed by atoms with Crippen LogP contribution >= 0.6 is 15.9 Å². The maximum Gasteiger partial charge on any atom is 0.402 e. The molecule has 2 nitrogen and oxygen atoms in total. The van der Waals surface area contributed by atoms with E-state index in [1.165, 1.54) is 12.1 Å². The third-order valence-corrected chi connectivity index (χ3v) is 4.36. The lowest BCUT2D eigenvalue weighted by molar-refractivity contribution is -0.214. The molecule has 2 rings (SSSR count). The number of ketones is 1. The third kappa shape index (κ3) is 2.74. The minimum Gasteiger partial charge on any atom is -0.315 e. The maximum atomic E-state index is 13.2. The molecule has 0 aliphatic carbocycles. The molecule has 20 heavy (non-hydrogen) atoms. The molecular weight excluding hydrogens is 342 g/mol. The highest BCUT2D eigenvalue weighted by atomic mass is 79.9. The van der Waals surface area contributed by atoms with Crippen LogP contribution in [0.2, 0.25) is 0 Å². The Morgan fingerprint density at radius 1 is 1.40 bits per heavy atom. The monoisotopic (exact) mass is 353 g/mol. The van der Waals surface area contributed by atoms with Crippen molar-refractivity contribution < 1.29 is 22.4 Å². The number of carbonyl (C=O) groups excluding carboxylic acids is 1. The number of hydrogen-bond acceptors (Lipinski definition) is 2. The van der Waals surface area contributed by atoms with E-state index < -0.39 is 36.2 Å². The Labute approximate surface area is 121 Å². The molecule has 1 N–H and O–H groups in total. The van der Waals surface area contributed by atoms with E-state index in [9.17, 15) is 22.4 Å². The van der Waals surface area contributed by atoms with Crippen molar-refractivity contribution in [1.82, 2.24) is 5.32 Å². The molecule has 0 aromatic heterocycles. The average Bonchev–Trinajstić information content (AvgIpc) is 2.83. The summed E-state index contributed by atoms with van der Waals surface area (Å²) in [5, 5.41) is 2.59. The van der Waals surface area contributed by atoms with Gasteiger partial charge in [0.1, 0.15) is 11.2 Å². The maximum absolute atomic E-state index is 13.2. The zero-order valence-corrected chi connectivity index (χ0v) is 11.9. The number of alkyl halides is 3. The van der Waals surface area contributed by atoms with Gasteiger partial charge in [0.2, 0.25) is 0 Å². The molecule has 1 heterocycles. The number of Topliss-reactive ketones (excluding diaryl/α,β-unsaturated/α-hetero) is 1. The fourth-order valence-corrected chi connectivity index (χ4v) is 2.74. The third-order valence-electron chi connectivity index (χ3n) is 3.59. The summed E-state index contributed by atoms with van der Waals surface area (Å²) in [6, 6.07) is 3.63. The summed E-state index contributed by atoms with van der Waals surface area (Å²) in [4.78, 5) is 12.1. The summed E-state index contributed by atoms with van der Waals surface area (Å²) in [6.07, 6.45) is -5.32. The summed E-state index contributed by atoms with van der Waals surface area (Å²) >= 11 is 3.12. The molecule has 0 radical (unpaired) electrons. The van der Waals surface area contributed by atoms with Crippen LogP contribution in [0.4, 0.5) is 17.6 Å². The highest BCUT2D eigenvalue weighted by Gasteiger charge is 2.60. The molecule has 1 aromatic carbocycles. The smallest absolute Gasteiger partial charge is 0.315 e. The van der Waals surface area contributed by atoms with Crippen LogP contribution in [-0.4, -0.2) is 25.0 Å². The standard InChI is InChI=1S/C13H12BrF4NO/c14-10-2-1-9(15)5-8(10)6-11(20)12(13(16,17)18)3-4-19-7-12/h1-2,5,19H,3-4,6-7H2. The Bertz CT molecular complexity index is 524. The molecule has 1 unspecified atom stereocenters. The van der Waals surface area contributed by atoms with E-state index in [1.807, 2.05) is 0 Å². The first kappa shape index (κ1) is 15.4. The van der Waals surface area contributed by atoms with Crippen molar-refractivity contribution >= 4 is 21.7 Å². The molecule has 0 saturated carbocycles. The summed E-state index contributed by atoms with van der Waals surface area (Å²) in [6.45, 7) is -0.266. The Kier molecular flexibility index (Phi) is 4.20. The lowest BCUT2D eigenvalue weighted by atomic mass is 9.79. The lowest BCUT2D eigenvalue weighted by Crippen LogP contribution is -2.47. The van der Waals surface area contributed by atoms with Gasteiger partial charge in [-0.15, -0.1) is 0 Å². The molecule has 1 atom stereocenters. The fourth-order valence-electron chi connectivity index (χ4n) is 2.35. The van der Waals surface area contributed by atoms with E-state index >= 15 is 0 Å². The van der Waals surface area contributed by atoms with E-state index in [-0.39, 0.29) is 18.5 Å². The van der Waals surface area contributed by atoms with Gasteiger partial charge in [-0.25, -0.2) is 4.39 Å². The van der Waals surface area contributed by atoms with Gasteiger partial charge in [-0.3, -0.25) is 4.79 Å². The van der Waals surface area contributed by atoms with Crippen LogP contribution in [0.5, 0.6) is 0 Å². The Balaban J connectivity index is 2.28. The molecule has 1 aliphatic rings. The molecule has 0 bridgehead atoms. The highest BCUT2D eigenvalue weighted by Crippen LogP contribution is 2.44. The van der Waals surface area contributed by atoms with Crippen LogP contribution < -0.4 is 5.32 Å². The first-order valence-corrected chi connectivity index (χ1v) is 6.80. The second-order valence-electron chi connectivity index (χ2n) is 4.84. The molecule has 0 amide bonds. The molecule has 1 aromatic rings. The molecule has 1 aliphatic heterocycles. The average molecular weight is 354 g/mol. The van der Waals surface area contributed by atoms with Gasteiger partial charge in [-0.05, 0) is 36.7 Å². The topological polar surface area (TPSA) is 29.1 Å². The number of halogens is 5. The number of benzene rings is 1. The number of carbonyl (C=O) groups is 1. The van der Waals surface area contributed by atoms with Crippen LogP contribution in [-0.2, 0) is 11.2 Å². The minimum absolute atomic E-state index is 0.148. The van der Waals surface area contributed by atoms with Gasteiger partial charge in [-0.1, -0.05) is 15.9 Å². The molecular formula is C13H12BrF4NO. The van der Waals surface area contributed by atoms with Crippen molar-refractivity contribution in [3.8, 4) is 0 Å². The molecule has 7 heteroatoms. The number of nitrogens with one attached hydrogen (secondary N) is 1. The molecule has 1 saturated heterocycles. The van der Waals surface area contributed by atoms with Crippen molar-refractivity contribution in [1.29, 1.82) is 0 Å². The van der Waals surface area contributed by atoms with Gasteiger partial charge in [0, 0.05) is 17.4 Å². The molecule has 0 spiro atoms. The van der Waals surface area contributed by atoms with Crippen molar-refractivity contribution in [2.45, 2.75) is 19.0 Å². The fraction of sp³-hybridized carbons (Fsp3) is 0.462. The summed E-state index contributed by atoms with van der Waals surface area (Å²) in [5.41, 5.74) is -2.14. The van der Waals surface area contributed by atoms with Crippen LogP contribution in [0.1, 0.15) is 12.0 Å². The van der Waals surface area contributed by atoms with Crippen molar-refractivity contribution in [3.05, 3.63) is 34.1 Å². The number of hydrogen-bond donors (Lipinski definition) is 1. The summed E-state index contributed by atoms with van der Waals surface area (Å²) < 4.78 is 53.2. The Morgan fingerprint density at radius 2 is 2.10 bits per heavy atom. The normalized spacial score (nSPS) is 23.1. The molecule has 1 fully saturated rings. The van der Waals surface area contributed by atoms with Gasteiger partial charge in [0.25, 0.3) is 0 Å². The minimum atomic E-state index is -4.60. The van der Waals surface area contributed by atoms with Crippen LogP contribution in [0.3, 0.4) is 0 Å². The van der Waals surface area contributed by atoms with Crippen LogP contribution in [0, 0.1) is 11.2 Å². The second-order valence-corrected chi connectivity index (χ2v) is 5.70. The van der Waals surface area contributed by atoms with Gasteiger partial charge in [0.05, 0.1) is 0 Å². The predicted octanol–water partition coefficient (Wildman–Crippen LogP) is 3.24. The van der Waals surface area contributed by atoms with Crippen molar-refractivity contribution in [2.24, 2.45) is 5.41 Å². The van der Waals surface area contributed by atoms with Gasteiger partial charge >= 0.3 is 6.18 Å². The van der Waals surface area contributed by atoms with Crippen molar-refractivity contribution in [3.63, 3.8) is 0 Å². The van der Waals surface area contributed by atoms with E-state index in [2.05, 4.69) is 21.2 Å². The number of rotatable bonds is 3. The Morgan fingerprint density at radius 3 is 2.65 bits per heavy atom. The SMILES string of the molecule is O=C(Cc1cc(F)ccc1Br)C1(C(F)(F)F)CCNC1. The van der Waals surface area contributed by atoms with Gasteiger partial charge < -0.3 is 5.32 Å². The lowest BCUT2D eigenvalue weighted by Gasteiger charge is -2.29.